The number of hydrogen-bond donors (Lipinski definition) is 0. The maximum Gasteiger partial charge on any atom is -0.00000000000926 e. The molecule has 35 heavy (non-hydrogen) atoms. The minimum Gasteiger partial charge on any atom is -0.0919 e. The predicted molar refractivity (Wildman–Crippen MR) is 150 cm³/mol. The zero-order valence-corrected chi connectivity index (χ0v) is 23.2. The Morgan fingerprint density at radius 1 is 0.600 bits per heavy atom. The summed E-state index contributed by atoms with van der Waals surface area (Å²) < 4.78 is 0. The van der Waals surface area contributed by atoms with E-state index in [9.17, 15) is 0 Å². The largest absolute Gasteiger partial charge is 0.0919 e. The Bertz CT molecular complexity index is 1130. The van der Waals surface area contributed by atoms with Crippen molar-refractivity contribution in [2.24, 2.45) is 23.7 Å². The Labute approximate surface area is 215 Å². The molecule has 0 atom stereocenters. The summed E-state index contributed by atoms with van der Waals surface area (Å²) in [7, 11) is 0. The van der Waals surface area contributed by atoms with Gasteiger partial charge in [0.2, 0.25) is 0 Å². The minimum absolute atomic E-state index is 0.938. The van der Waals surface area contributed by atoms with Crippen LogP contribution in [0, 0.1) is 23.7 Å². The predicted octanol–water partition coefficient (Wildman–Crippen LogP) is 9.83. The van der Waals surface area contributed by atoms with Gasteiger partial charge in [-0.3, -0.25) is 0 Å². The van der Waals surface area contributed by atoms with Crippen molar-refractivity contribution in [3.63, 3.8) is 0 Å². The molecule has 0 heteroatoms. The molecule has 0 aromatic carbocycles. The van der Waals surface area contributed by atoms with E-state index in [0.717, 1.165) is 35.7 Å². The quantitative estimate of drug-likeness (QED) is 0.269. The highest BCUT2D eigenvalue weighted by atomic mass is 14.3. The standard InChI is InChI=1S/C19H10.2C6H12.C4H8/c1-4-6-7-8-9-10-11-12-13-14-15-16-17-18-19(3)5-2;2*1-5-3-6(2)4-5;1-3-4-2/h1,5H2,2-3H3;2*5-6H,3-4H2,1-2H3;3-4H,1-2H3/b;;;4-3-. The lowest BCUT2D eigenvalue weighted by Gasteiger charge is -2.28. The number of allylic oxidation sites excluding steroid dienone is 3. The summed E-state index contributed by atoms with van der Waals surface area (Å²) in [6.07, 6.45) is 10.8. The Morgan fingerprint density at radius 2 is 0.886 bits per heavy atom. The first-order valence-corrected chi connectivity index (χ1v) is 12.5. The highest BCUT2D eigenvalue weighted by Gasteiger charge is 2.20. The van der Waals surface area contributed by atoms with Crippen LogP contribution in [0.5, 0.6) is 0 Å². The average molecular weight is 463 g/mol. The van der Waals surface area contributed by atoms with Gasteiger partial charge in [0.05, 0.1) is 0 Å². The minimum atomic E-state index is 0.938. The summed E-state index contributed by atoms with van der Waals surface area (Å²) in [4.78, 5) is 0. The fraction of sp³-hybridized carbons (Fsp3) is 0.486. The second-order valence-electron chi connectivity index (χ2n) is 8.97. The van der Waals surface area contributed by atoms with Crippen LogP contribution >= 0.6 is 0 Å². The van der Waals surface area contributed by atoms with Gasteiger partial charge in [0.25, 0.3) is 0 Å². The summed E-state index contributed by atoms with van der Waals surface area (Å²) in [6, 6.07) is 0. The zero-order chi connectivity index (χ0) is 26.7. The summed E-state index contributed by atoms with van der Waals surface area (Å²) in [6.45, 7) is 20.6. The van der Waals surface area contributed by atoms with Gasteiger partial charge in [-0.2, -0.15) is 0 Å². The van der Waals surface area contributed by atoms with Crippen LogP contribution in [0.1, 0.15) is 87.5 Å². The number of rotatable bonds is 1. The first-order valence-electron chi connectivity index (χ1n) is 12.5. The lowest BCUT2D eigenvalue weighted by Crippen LogP contribution is -2.16. The molecule has 2 aliphatic rings. The first kappa shape index (κ1) is 33.6. The molecule has 0 unspecified atom stereocenters. The summed E-state index contributed by atoms with van der Waals surface area (Å²) in [5.74, 6) is 4.17. The van der Waals surface area contributed by atoms with Gasteiger partial charge in [-0.1, -0.05) is 58.2 Å². The molecule has 2 aliphatic carbocycles. The third-order valence-electron chi connectivity index (χ3n) is 5.13. The maximum atomic E-state index is 3.31. The van der Waals surface area contributed by atoms with Crippen molar-refractivity contribution in [2.75, 3.05) is 0 Å². The fourth-order valence-corrected chi connectivity index (χ4v) is 3.19. The molecule has 0 heterocycles. The van der Waals surface area contributed by atoms with Gasteiger partial charge in [0.15, 0.2) is 0 Å². The van der Waals surface area contributed by atoms with Crippen molar-refractivity contribution in [1.29, 1.82) is 0 Å². The van der Waals surface area contributed by atoms with Crippen molar-refractivity contribution in [3.8, 4) is 0 Å². The topological polar surface area (TPSA) is 0 Å². The van der Waals surface area contributed by atoms with Gasteiger partial charge in [0.1, 0.15) is 0 Å². The molecule has 2 fully saturated rings. The molecule has 0 saturated heterocycles. The van der Waals surface area contributed by atoms with E-state index in [4.69, 9.17) is 0 Å². The van der Waals surface area contributed by atoms with E-state index in [1.807, 2.05) is 39.8 Å². The molecule has 0 aromatic rings. The molecule has 0 aliphatic heterocycles. The molecular weight excluding hydrogens is 420 g/mol. The highest BCUT2D eigenvalue weighted by molar-refractivity contribution is 4.97. The molecule has 2 saturated carbocycles. The zero-order valence-electron chi connectivity index (χ0n) is 23.2. The maximum absolute atomic E-state index is 3.31. The van der Waals surface area contributed by atoms with Gasteiger partial charge in [0, 0.05) is 0 Å². The van der Waals surface area contributed by atoms with E-state index >= 15 is 0 Å². The summed E-state index contributed by atoms with van der Waals surface area (Å²) >= 11 is 0. The van der Waals surface area contributed by atoms with Crippen LogP contribution in [-0.2, 0) is 0 Å². The van der Waals surface area contributed by atoms with Crippen LogP contribution in [-0.4, -0.2) is 0 Å². The monoisotopic (exact) mass is 462 g/mol. The van der Waals surface area contributed by atoms with Crippen LogP contribution < -0.4 is 0 Å². The van der Waals surface area contributed by atoms with Crippen molar-refractivity contribution >= 4 is 0 Å². The van der Waals surface area contributed by atoms with E-state index in [1.165, 1.54) is 25.7 Å². The first-order chi connectivity index (χ1) is 16.8. The lowest BCUT2D eigenvalue weighted by atomic mass is 9.78. The van der Waals surface area contributed by atoms with E-state index in [0.29, 0.717) is 0 Å². The van der Waals surface area contributed by atoms with Crippen LogP contribution in [0.15, 0.2) is 105 Å². The van der Waals surface area contributed by atoms with Crippen molar-refractivity contribution in [2.45, 2.75) is 87.5 Å². The molecule has 0 aromatic heterocycles. The molecule has 182 valence electrons. The van der Waals surface area contributed by atoms with E-state index in [1.54, 1.807) is 0 Å². The van der Waals surface area contributed by atoms with Crippen LogP contribution in [0.3, 0.4) is 0 Å². The summed E-state index contributed by atoms with van der Waals surface area (Å²) in [5, 5.41) is 0. The number of hydrogen-bond acceptors (Lipinski definition) is 0. The summed E-state index contributed by atoms with van der Waals surface area (Å²) in [5.41, 5.74) is 36.9. The average Bonchev–Trinajstić information content (AvgIpc) is 2.81. The van der Waals surface area contributed by atoms with Crippen molar-refractivity contribution in [1.82, 2.24) is 0 Å². The lowest BCUT2D eigenvalue weighted by molar-refractivity contribution is 0.233. The SMILES string of the molecule is C/C=C\C.C=C=C=C=C=C=C=C=C=C=C=C=C=C=C=C(C)CC.CC1CC(C)C1.CC1CC(C)C1. The molecular formula is C35H42. The van der Waals surface area contributed by atoms with Gasteiger partial charge >= 0.3 is 0 Å². The molecule has 0 spiro atoms. The third kappa shape index (κ3) is 26.5. The van der Waals surface area contributed by atoms with Crippen LogP contribution in [0.4, 0.5) is 0 Å². The molecule has 0 N–H and O–H groups in total. The van der Waals surface area contributed by atoms with Crippen molar-refractivity contribution < 1.29 is 0 Å². The Morgan fingerprint density at radius 3 is 1.09 bits per heavy atom. The second-order valence-corrected chi connectivity index (χ2v) is 8.97. The molecule has 0 nitrogen and oxygen atoms in total. The van der Waals surface area contributed by atoms with Crippen LogP contribution in [0.25, 0.3) is 0 Å². The van der Waals surface area contributed by atoms with Crippen LogP contribution in [0.2, 0.25) is 0 Å². The van der Waals surface area contributed by atoms with Crippen molar-refractivity contribution in [3.05, 3.63) is 105 Å². The van der Waals surface area contributed by atoms with Gasteiger partial charge in [-0.05, 0) is 157 Å². The van der Waals surface area contributed by atoms with Gasteiger partial charge < -0.3 is 0 Å². The van der Waals surface area contributed by atoms with E-state index in [-0.39, 0.29) is 0 Å². The molecule has 2 rings (SSSR count). The third-order valence-corrected chi connectivity index (χ3v) is 5.13. The molecule has 0 amide bonds. The Kier molecular flexibility index (Phi) is 24.0. The van der Waals surface area contributed by atoms with Gasteiger partial charge in [-0.25, -0.2) is 0 Å². The molecule has 0 bridgehead atoms. The van der Waals surface area contributed by atoms with E-state index in [2.05, 4.69) is 115 Å². The normalized spacial score (nSPS) is 19.2. The highest BCUT2D eigenvalue weighted by Crippen LogP contribution is 2.32. The Balaban J connectivity index is 0. The molecule has 0 radical (unpaired) electrons. The van der Waals surface area contributed by atoms with Gasteiger partial charge in [-0.15, -0.1) is 0 Å². The smallest absolute Gasteiger partial charge is 0.00000000000926 e. The Hall–Kier alpha value is -3.60. The fourth-order valence-electron chi connectivity index (χ4n) is 3.19. The van der Waals surface area contributed by atoms with E-state index < -0.39 is 0 Å². The second kappa shape index (κ2) is 25.0.